The fourth-order valence-corrected chi connectivity index (χ4v) is 3.25. The highest BCUT2D eigenvalue weighted by atomic mass is 35.5. The van der Waals surface area contributed by atoms with Crippen molar-refractivity contribution >= 4 is 23.4 Å². The molecule has 1 aliphatic rings. The van der Waals surface area contributed by atoms with Crippen molar-refractivity contribution in [2.75, 3.05) is 18.1 Å². The molecule has 19 heavy (non-hydrogen) atoms. The van der Waals surface area contributed by atoms with E-state index in [-0.39, 0.29) is 6.10 Å². The van der Waals surface area contributed by atoms with Crippen LogP contribution < -0.4 is 10.1 Å². The molecule has 2 rings (SSSR count). The van der Waals surface area contributed by atoms with Gasteiger partial charge >= 0.3 is 0 Å². The topological polar surface area (TPSA) is 21.3 Å². The lowest BCUT2D eigenvalue weighted by Gasteiger charge is -2.17. The molecule has 0 spiro atoms. The fourth-order valence-electron chi connectivity index (χ4n) is 2.24. The Morgan fingerprint density at radius 2 is 2.37 bits per heavy atom. The van der Waals surface area contributed by atoms with Crippen molar-refractivity contribution in [2.45, 2.75) is 38.8 Å². The van der Waals surface area contributed by atoms with Crippen LogP contribution in [-0.2, 0) is 6.42 Å². The zero-order valence-corrected chi connectivity index (χ0v) is 13.2. The summed E-state index contributed by atoms with van der Waals surface area (Å²) >= 11 is 8.00. The van der Waals surface area contributed by atoms with Gasteiger partial charge in [0.2, 0.25) is 0 Å². The van der Waals surface area contributed by atoms with Crippen molar-refractivity contribution in [3.63, 3.8) is 0 Å². The van der Waals surface area contributed by atoms with Crippen molar-refractivity contribution in [3.8, 4) is 5.75 Å². The first-order chi connectivity index (χ1) is 9.19. The average molecular weight is 300 g/mol. The molecular formula is C15H22ClNOS. The van der Waals surface area contributed by atoms with Gasteiger partial charge in [-0.15, -0.1) is 0 Å². The summed E-state index contributed by atoms with van der Waals surface area (Å²) in [6, 6.07) is 6.42. The van der Waals surface area contributed by atoms with Crippen LogP contribution in [0.15, 0.2) is 18.2 Å². The Morgan fingerprint density at radius 1 is 1.53 bits per heavy atom. The van der Waals surface area contributed by atoms with Crippen LogP contribution in [0.5, 0.6) is 5.75 Å². The van der Waals surface area contributed by atoms with Crippen LogP contribution >= 0.6 is 23.4 Å². The lowest BCUT2D eigenvalue weighted by Crippen LogP contribution is -2.36. The lowest BCUT2D eigenvalue weighted by atomic mass is 10.1. The number of rotatable bonds is 7. The monoisotopic (exact) mass is 299 g/mol. The van der Waals surface area contributed by atoms with Crippen LogP contribution in [-0.4, -0.2) is 30.2 Å². The number of fused-ring (bicyclic) bond motifs is 1. The van der Waals surface area contributed by atoms with E-state index in [1.165, 1.54) is 23.5 Å². The molecule has 0 saturated heterocycles. The number of thioether (sulfide) groups is 1. The molecule has 0 fully saturated rings. The molecule has 1 aromatic rings. The highest BCUT2D eigenvalue weighted by Crippen LogP contribution is 2.30. The van der Waals surface area contributed by atoms with E-state index in [9.17, 15) is 0 Å². The molecule has 2 nitrogen and oxygen atoms in total. The Labute approximate surface area is 125 Å². The summed E-state index contributed by atoms with van der Waals surface area (Å²) in [7, 11) is 0. The molecule has 106 valence electrons. The first-order valence-electron chi connectivity index (χ1n) is 6.95. The quantitative estimate of drug-likeness (QED) is 0.775. The van der Waals surface area contributed by atoms with Crippen molar-refractivity contribution in [2.24, 2.45) is 0 Å². The number of benzene rings is 1. The molecule has 0 aromatic heterocycles. The Morgan fingerprint density at radius 3 is 3.16 bits per heavy atom. The van der Waals surface area contributed by atoms with E-state index in [0.717, 1.165) is 23.7 Å². The molecule has 1 aromatic carbocycles. The predicted octanol–water partition coefficient (Wildman–Crippen LogP) is 3.76. The molecule has 2 atom stereocenters. The van der Waals surface area contributed by atoms with Gasteiger partial charge in [0, 0.05) is 24.0 Å². The zero-order chi connectivity index (χ0) is 13.7. The van der Waals surface area contributed by atoms with E-state index in [0.29, 0.717) is 6.04 Å². The molecular weight excluding hydrogens is 278 g/mol. The van der Waals surface area contributed by atoms with E-state index in [1.807, 2.05) is 30.0 Å². The van der Waals surface area contributed by atoms with Gasteiger partial charge in [-0.3, -0.25) is 0 Å². The van der Waals surface area contributed by atoms with Crippen LogP contribution in [0.1, 0.15) is 25.8 Å². The average Bonchev–Trinajstić information content (AvgIpc) is 2.78. The maximum Gasteiger partial charge on any atom is 0.123 e. The molecule has 1 N–H and O–H groups in total. The van der Waals surface area contributed by atoms with Crippen LogP contribution in [0.4, 0.5) is 0 Å². The summed E-state index contributed by atoms with van der Waals surface area (Å²) in [6.07, 6.45) is 2.42. The van der Waals surface area contributed by atoms with Crippen molar-refractivity contribution in [1.29, 1.82) is 0 Å². The van der Waals surface area contributed by atoms with Gasteiger partial charge in [0.25, 0.3) is 0 Å². The molecule has 0 radical (unpaired) electrons. The Bertz CT molecular complexity index is 413. The molecule has 4 heteroatoms. The zero-order valence-electron chi connectivity index (χ0n) is 11.6. The number of nitrogens with one attached hydrogen (secondary N) is 1. The fraction of sp³-hybridized carbons (Fsp3) is 0.600. The highest BCUT2D eigenvalue weighted by molar-refractivity contribution is 7.99. The van der Waals surface area contributed by atoms with Gasteiger partial charge in [-0.25, -0.2) is 0 Å². The summed E-state index contributed by atoms with van der Waals surface area (Å²) in [5, 5.41) is 4.35. The van der Waals surface area contributed by atoms with Gasteiger partial charge < -0.3 is 10.1 Å². The van der Waals surface area contributed by atoms with E-state index in [2.05, 4.69) is 19.2 Å². The highest BCUT2D eigenvalue weighted by Gasteiger charge is 2.23. The second-order valence-electron chi connectivity index (χ2n) is 4.99. The van der Waals surface area contributed by atoms with E-state index in [4.69, 9.17) is 16.3 Å². The van der Waals surface area contributed by atoms with E-state index >= 15 is 0 Å². The van der Waals surface area contributed by atoms with Crippen molar-refractivity contribution < 1.29 is 4.74 Å². The van der Waals surface area contributed by atoms with Gasteiger partial charge in [-0.1, -0.05) is 18.5 Å². The largest absolute Gasteiger partial charge is 0.488 e. The minimum absolute atomic E-state index is 0.245. The molecule has 0 bridgehead atoms. The van der Waals surface area contributed by atoms with Gasteiger partial charge in [0.05, 0.1) is 0 Å². The summed E-state index contributed by atoms with van der Waals surface area (Å²) in [5.74, 6) is 3.42. The smallest absolute Gasteiger partial charge is 0.123 e. The second kappa shape index (κ2) is 7.41. The molecule has 0 amide bonds. The van der Waals surface area contributed by atoms with Gasteiger partial charge in [-0.2, -0.15) is 11.8 Å². The van der Waals surface area contributed by atoms with Gasteiger partial charge in [0.15, 0.2) is 0 Å². The maximum absolute atomic E-state index is 6.00. The SMILES string of the molecule is CCSCCC(C)NCC1Cc2cc(Cl)ccc2O1. The van der Waals surface area contributed by atoms with Crippen LogP contribution in [0.3, 0.4) is 0 Å². The third-order valence-electron chi connectivity index (χ3n) is 3.36. The summed E-state index contributed by atoms with van der Waals surface area (Å²) in [6.45, 7) is 5.36. The number of hydrogen-bond donors (Lipinski definition) is 1. The van der Waals surface area contributed by atoms with Gasteiger partial charge in [0.1, 0.15) is 11.9 Å². The summed E-state index contributed by atoms with van der Waals surface area (Å²) in [5.41, 5.74) is 1.23. The summed E-state index contributed by atoms with van der Waals surface area (Å²) in [4.78, 5) is 0. The predicted molar refractivity (Wildman–Crippen MR) is 84.7 cm³/mol. The molecule has 0 aliphatic carbocycles. The van der Waals surface area contributed by atoms with E-state index < -0.39 is 0 Å². The second-order valence-corrected chi connectivity index (χ2v) is 6.82. The Balaban J connectivity index is 1.72. The Kier molecular flexibility index (Phi) is 5.86. The lowest BCUT2D eigenvalue weighted by molar-refractivity contribution is 0.222. The minimum atomic E-state index is 0.245. The molecule has 1 heterocycles. The standard InChI is InChI=1S/C15H22ClNOS/c1-3-19-7-6-11(2)17-10-14-9-12-8-13(16)4-5-15(12)18-14/h4-5,8,11,14,17H,3,6-7,9-10H2,1-2H3. The van der Waals surface area contributed by atoms with Crippen molar-refractivity contribution in [1.82, 2.24) is 5.32 Å². The number of halogens is 1. The number of hydrogen-bond acceptors (Lipinski definition) is 3. The maximum atomic E-state index is 6.00. The van der Waals surface area contributed by atoms with Crippen molar-refractivity contribution in [3.05, 3.63) is 28.8 Å². The molecule has 0 saturated carbocycles. The molecule has 1 aliphatic heterocycles. The van der Waals surface area contributed by atoms with Crippen LogP contribution in [0.25, 0.3) is 0 Å². The third-order valence-corrected chi connectivity index (χ3v) is 4.52. The normalized spacial score (nSPS) is 19.0. The number of ether oxygens (including phenoxy) is 1. The summed E-state index contributed by atoms with van der Waals surface area (Å²) < 4.78 is 5.91. The van der Waals surface area contributed by atoms with E-state index in [1.54, 1.807) is 0 Å². The first kappa shape index (κ1) is 15.0. The first-order valence-corrected chi connectivity index (χ1v) is 8.48. The van der Waals surface area contributed by atoms with Crippen LogP contribution in [0, 0.1) is 0 Å². The van der Waals surface area contributed by atoms with Gasteiger partial charge in [-0.05, 0) is 48.6 Å². The van der Waals surface area contributed by atoms with Crippen LogP contribution in [0.2, 0.25) is 5.02 Å². The third kappa shape index (κ3) is 4.59. The molecule has 2 unspecified atom stereocenters. The Hall–Kier alpha value is -0.380. The minimum Gasteiger partial charge on any atom is -0.488 e.